The summed E-state index contributed by atoms with van der Waals surface area (Å²) in [5, 5.41) is 6.37. The molecule has 0 aromatic carbocycles. The molecule has 1 saturated carbocycles. The molecule has 16 heavy (non-hydrogen) atoms. The molecule has 1 atom stereocenters. The summed E-state index contributed by atoms with van der Waals surface area (Å²) >= 11 is 0. The topological polar surface area (TPSA) is 50.4 Å². The van der Waals surface area contributed by atoms with Crippen LogP contribution in [0.5, 0.6) is 0 Å². The lowest BCUT2D eigenvalue weighted by atomic mass is 10.1. The number of hydrogen-bond acceptors (Lipinski definition) is 3. The molecule has 1 amide bonds. The first-order valence-corrected chi connectivity index (χ1v) is 6.49. The third-order valence-corrected chi connectivity index (χ3v) is 3.14. The molecule has 0 spiro atoms. The lowest BCUT2D eigenvalue weighted by Crippen LogP contribution is -2.39. The Morgan fingerprint density at radius 3 is 2.75 bits per heavy atom. The Bertz CT molecular complexity index is 223. The summed E-state index contributed by atoms with van der Waals surface area (Å²) in [6, 6.07) is 0.761. The largest absolute Gasteiger partial charge is 0.368 e. The van der Waals surface area contributed by atoms with E-state index in [2.05, 4.69) is 10.6 Å². The van der Waals surface area contributed by atoms with Gasteiger partial charge in [-0.3, -0.25) is 4.79 Å². The number of rotatable bonds is 6. The van der Waals surface area contributed by atoms with E-state index in [0.717, 1.165) is 51.4 Å². The first-order chi connectivity index (χ1) is 7.86. The molecular formula is C12H22N2O2. The predicted molar refractivity (Wildman–Crippen MR) is 62.2 cm³/mol. The molecule has 0 radical (unpaired) electrons. The first-order valence-electron chi connectivity index (χ1n) is 6.49. The third kappa shape index (κ3) is 4.10. The van der Waals surface area contributed by atoms with Gasteiger partial charge < -0.3 is 15.4 Å². The van der Waals surface area contributed by atoms with Gasteiger partial charge in [0, 0.05) is 19.2 Å². The van der Waals surface area contributed by atoms with Crippen LogP contribution >= 0.6 is 0 Å². The fourth-order valence-corrected chi connectivity index (χ4v) is 1.95. The van der Waals surface area contributed by atoms with Crippen molar-refractivity contribution < 1.29 is 9.53 Å². The molecule has 2 N–H and O–H groups in total. The molecule has 2 aliphatic rings. The van der Waals surface area contributed by atoms with E-state index in [4.69, 9.17) is 4.74 Å². The zero-order valence-electron chi connectivity index (χ0n) is 9.84. The zero-order chi connectivity index (χ0) is 11.2. The number of carbonyl (C=O) groups is 1. The maximum atomic E-state index is 11.7. The fourth-order valence-electron chi connectivity index (χ4n) is 1.95. The van der Waals surface area contributed by atoms with Crippen LogP contribution in [-0.4, -0.2) is 37.7 Å². The molecule has 1 heterocycles. The first kappa shape index (κ1) is 11.9. The van der Waals surface area contributed by atoms with Gasteiger partial charge in [0.05, 0.1) is 0 Å². The highest BCUT2D eigenvalue weighted by molar-refractivity contribution is 5.80. The molecule has 0 aromatic heterocycles. The Morgan fingerprint density at radius 2 is 2.06 bits per heavy atom. The van der Waals surface area contributed by atoms with Crippen LogP contribution in [0.25, 0.3) is 0 Å². The summed E-state index contributed by atoms with van der Waals surface area (Å²) < 4.78 is 5.42. The molecule has 1 aliphatic heterocycles. The lowest BCUT2D eigenvalue weighted by molar-refractivity contribution is -0.135. The molecule has 0 aromatic rings. The van der Waals surface area contributed by atoms with Crippen LogP contribution in [-0.2, 0) is 9.53 Å². The molecule has 4 heteroatoms. The van der Waals surface area contributed by atoms with Gasteiger partial charge in [-0.05, 0) is 45.1 Å². The van der Waals surface area contributed by atoms with Crippen LogP contribution in [0.3, 0.4) is 0 Å². The molecule has 1 aliphatic carbocycles. The zero-order valence-corrected chi connectivity index (χ0v) is 9.84. The van der Waals surface area contributed by atoms with E-state index in [9.17, 15) is 4.79 Å². The Kier molecular flexibility index (Phi) is 4.60. The second kappa shape index (κ2) is 6.21. The number of nitrogens with one attached hydrogen (secondary N) is 2. The van der Waals surface area contributed by atoms with E-state index in [0.29, 0.717) is 0 Å². The van der Waals surface area contributed by atoms with Gasteiger partial charge in [-0.1, -0.05) is 0 Å². The van der Waals surface area contributed by atoms with Crippen molar-refractivity contribution in [3.05, 3.63) is 0 Å². The number of amides is 1. The molecule has 0 bridgehead atoms. The van der Waals surface area contributed by atoms with Crippen molar-refractivity contribution in [3.63, 3.8) is 0 Å². The number of carbonyl (C=O) groups excluding carboxylic acids is 1. The Morgan fingerprint density at radius 1 is 1.19 bits per heavy atom. The molecule has 92 valence electrons. The molecule has 1 saturated heterocycles. The normalized spacial score (nSPS) is 25.4. The lowest BCUT2D eigenvalue weighted by Gasteiger charge is -2.21. The Hall–Kier alpha value is -0.610. The van der Waals surface area contributed by atoms with Crippen LogP contribution in [0, 0.1) is 0 Å². The van der Waals surface area contributed by atoms with E-state index >= 15 is 0 Å². The van der Waals surface area contributed by atoms with Gasteiger partial charge in [0.1, 0.15) is 6.10 Å². The van der Waals surface area contributed by atoms with Gasteiger partial charge in [0.25, 0.3) is 0 Å². The Balaban J connectivity index is 1.48. The van der Waals surface area contributed by atoms with Crippen LogP contribution in [0.1, 0.15) is 38.5 Å². The summed E-state index contributed by atoms with van der Waals surface area (Å²) in [5.74, 6) is 0.0751. The number of ether oxygens (including phenoxy) is 1. The van der Waals surface area contributed by atoms with Gasteiger partial charge in [-0.15, -0.1) is 0 Å². The maximum absolute atomic E-state index is 11.7. The van der Waals surface area contributed by atoms with Gasteiger partial charge in [0.15, 0.2) is 0 Å². The standard InChI is InChI=1S/C12H22N2O2/c15-12(11-4-1-2-9-16-11)14-8-3-7-13-10-5-6-10/h10-11,13H,1-9H2,(H,14,15). The minimum atomic E-state index is -0.190. The van der Waals surface area contributed by atoms with Gasteiger partial charge >= 0.3 is 0 Å². The quantitative estimate of drug-likeness (QED) is 0.659. The van der Waals surface area contributed by atoms with E-state index in [1.807, 2.05) is 0 Å². The average Bonchev–Trinajstić information content (AvgIpc) is 3.13. The summed E-state index contributed by atoms with van der Waals surface area (Å²) in [7, 11) is 0. The molecule has 2 rings (SSSR count). The minimum Gasteiger partial charge on any atom is -0.368 e. The van der Waals surface area contributed by atoms with E-state index in [1.54, 1.807) is 0 Å². The summed E-state index contributed by atoms with van der Waals surface area (Å²) in [4.78, 5) is 11.7. The molecule has 2 fully saturated rings. The highest BCUT2D eigenvalue weighted by Gasteiger charge is 2.21. The van der Waals surface area contributed by atoms with Crippen LogP contribution in [0.2, 0.25) is 0 Å². The van der Waals surface area contributed by atoms with Gasteiger partial charge in [0.2, 0.25) is 5.91 Å². The maximum Gasteiger partial charge on any atom is 0.249 e. The highest BCUT2D eigenvalue weighted by Crippen LogP contribution is 2.18. The van der Waals surface area contributed by atoms with Crippen molar-refractivity contribution in [3.8, 4) is 0 Å². The van der Waals surface area contributed by atoms with Crippen molar-refractivity contribution in [2.75, 3.05) is 19.7 Å². The van der Waals surface area contributed by atoms with Crippen molar-refractivity contribution >= 4 is 5.91 Å². The van der Waals surface area contributed by atoms with Crippen LogP contribution in [0.15, 0.2) is 0 Å². The summed E-state index contributed by atoms with van der Waals surface area (Å²) in [6.45, 7) is 2.51. The number of hydrogen-bond donors (Lipinski definition) is 2. The smallest absolute Gasteiger partial charge is 0.249 e. The van der Waals surface area contributed by atoms with Crippen LogP contribution in [0.4, 0.5) is 0 Å². The second-order valence-corrected chi connectivity index (χ2v) is 4.73. The van der Waals surface area contributed by atoms with Gasteiger partial charge in [-0.2, -0.15) is 0 Å². The van der Waals surface area contributed by atoms with Crippen LogP contribution < -0.4 is 10.6 Å². The van der Waals surface area contributed by atoms with Crippen molar-refractivity contribution in [1.29, 1.82) is 0 Å². The molecule has 4 nitrogen and oxygen atoms in total. The van der Waals surface area contributed by atoms with E-state index in [-0.39, 0.29) is 12.0 Å². The van der Waals surface area contributed by atoms with Crippen molar-refractivity contribution in [1.82, 2.24) is 10.6 Å². The van der Waals surface area contributed by atoms with E-state index < -0.39 is 0 Å². The monoisotopic (exact) mass is 226 g/mol. The molecule has 1 unspecified atom stereocenters. The third-order valence-electron chi connectivity index (χ3n) is 3.14. The average molecular weight is 226 g/mol. The van der Waals surface area contributed by atoms with E-state index in [1.165, 1.54) is 12.8 Å². The SMILES string of the molecule is O=C(NCCCNC1CC1)C1CCCCO1. The minimum absolute atomic E-state index is 0.0751. The second-order valence-electron chi connectivity index (χ2n) is 4.73. The van der Waals surface area contributed by atoms with Gasteiger partial charge in [-0.25, -0.2) is 0 Å². The molecular weight excluding hydrogens is 204 g/mol. The highest BCUT2D eigenvalue weighted by atomic mass is 16.5. The Labute approximate surface area is 97.1 Å². The van der Waals surface area contributed by atoms with Crippen molar-refractivity contribution in [2.45, 2.75) is 50.7 Å². The van der Waals surface area contributed by atoms with Crippen molar-refractivity contribution in [2.24, 2.45) is 0 Å². The summed E-state index contributed by atoms with van der Waals surface area (Å²) in [5.41, 5.74) is 0. The fraction of sp³-hybridized carbons (Fsp3) is 0.917. The predicted octanol–water partition coefficient (Wildman–Crippen LogP) is 0.814. The summed E-state index contributed by atoms with van der Waals surface area (Å²) in [6.07, 6.45) is 6.55.